The summed E-state index contributed by atoms with van der Waals surface area (Å²) in [5.74, 6) is -0.659. The number of carbonyl (C=O) groups is 1. The maximum atomic E-state index is 13.0. The van der Waals surface area contributed by atoms with Crippen molar-refractivity contribution in [2.45, 2.75) is 43.2 Å². The Kier molecular flexibility index (Phi) is 5.20. The van der Waals surface area contributed by atoms with E-state index in [-0.39, 0.29) is 22.5 Å². The van der Waals surface area contributed by atoms with Gasteiger partial charge in [0.05, 0.1) is 17.6 Å². The van der Waals surface area contributed by atoms with Crippen LogP contribution in [0.1, 0.15) is 36.5 Å². The van der Waals surface area contributed by atoms with Gasteiger partial charge in [-0.15, -0.1) is 0 Å². The van der Waals surface area contributed by atoms with Crippen LogP contribution in [0.5, 0.6) is 0 Å². The molecule has 1 aliphatic rings. The van der Waals surface area contributed by atoms with Gasteiger partial charge in [-0.1, -0.05) is 18.6 Å². The average Bonchev–Trinajstić information content (AvgIpc) is 2.54. The van der Waals surface area contributed by atoms with Crippen molar-refractivity contribution in [2.75, 3.05) is 13.7 Å². The molecule has 1 aromatic carbocycles. The second-order valence-electron chi connectivity index (χ2n) is 5.53. The highest BCUT2D eigenvalue weighted by Gasteiger charge is 2.37. The van der Waals surface area contributed by atoms with Gasteiger partial charge in [-0.25, -0.2) is 13.2 Å². The molecule has 1 aliphatic heterocycles. The van der Waals surface area contributed by atoms with Gasteiger partial charge in [0.2, 0.25) is 10.0 Å². The summed E-state index contributed by atoms with van der Waals surface area (Å²) >= 11 is 0. The summed E-state index contributed by atoms with van der Waals surface area (Å²) < 4.78 is 32.1. The van der Waals surface area contributed by atoms with Crippen LogP contribution >= 0.6 is 0 Å². The van der Waals surface area contributed by atoms with Gasteiger partial charge in [0.1, 0.15) is 0 Å². The number of hydrogen-bond acceptors (Lipinski definition) is 5. The van der Waals surface area contributed by atoms with E-state index in [0.717, 1.165) is 19.3 Å². The van der Waals surface area contributed by atoms with Crippen LogP contribution in [0, 0.1) is 0 Å². The zero-order chi connectivity index (χ0) is 16.3. The second-order valence-corrected chi connectivity index (χ2v) is 7.38. The lowest BCUT2D eigenvalue weighted by molar-refractivity contribution is 0.0596. The van der Waals surface area contributed by atoms with E-state index in [0.29, 0.717) is 6.54 Å². The first kappa shape index (κ1) is 16.9. The van der Waals surface area contributed by atoms with Gasteiger partial charge in [-0.3, -0.25) is 0 Å². The number of esters is 1. The van der Waals surface area contributed by atoms with Crippen molar-refractivity contribution in [1.82, 2.24) is 4.31 Å². The minimum absolute atomic E-state index is 0.0191. The van der Waals surface area contributed by atoms with Crippen LogP contribution in [0.2, 0.25) is 0 Å². The van der Waals surface area contributed by atoms with E-state index in [1.807, 2.05) is 6.92 Å². The van der Waals surface area contributed by atoms with Crippen LogP contribution in [0.3, 0.4) is 0 Å². The van der Waals surface area contributed by atoms with E-state index in [4.69, 9.17) is 5.73 Å². The van der Waals surface area contributed by atoms with Gasteiger partial charge in [0.15, 0.2) is 0 Å². The number of carbonyl (C=O) groups excluding carboxylic acids is 1. The van der Waals surface area contributed by atoms with Crippen LogP contribution in [-0.4, -0.2) is 44.4 Å². The third-order valence-electron chi connectivity index (χ3n) is 3.98. The van der Waals surface area contributed by atoms with Crippen LogP contribution < -0.4 is 5.73 Å². The molecule has 2 atom stereocenters. The van der Waals surface area contributed by atoms with E-state index in [2.05, 4.69) is 4.74 Å². The molecular formula is C15H22N2O4S. The Morgan fingerprint density at radius 1 is 1.36 bits per heavy atom. The maximum absolute atomic E-state index is 13.0. The van der Waals surface area contributed by atoms with Gasteiger partial charge in [-0.2, -0.15) is 4.31 Å². The summed E-state index contributed by atoms with van der Waals surface area (Å²) in [6.45, 7) is 2.23. The Morgan fingerprint density at radius 2 is 2.05 bits per heavy atom. The van der Waals surface area contributed by atoms with Gasteiger partial charge >= 0.3 is 5.97 Å². The number of hydrogen-bond donors (Lipinski definition) is 1. The van der Waals surface area contributed by atoms with Crippen LogP contribution in [0.15, 0.2) is 29.2 Å². The molecule has 0 radical (unpaired) electrons. The molecule has 0 saturated carbocycles. The number of benzene rings is 1. The zero-order valence-electron chi connectivity index (χ0n) is 12.9. The Balaban J connectivity index is 2.48. The molecule has 1 aromatic rings. The highest BCUT2D eigenvalue weighted by molar-refractivity contribution is 7.89. The third-order valence-corrected chi connectivity index (χ3v) is 5.97. The molecule has 0 aliphatic carbocycles. The number of piperidine rings is 1. The van der Waals surface area contributed by atoms with Crippen molar-refractivity contribution in [2.24, 2.45) is 5.73 Å². The van der Waals surface area contributed by atoms with Crippen molar-refractivity contribution in [3.8, 4) is 0 Å². The Hall–Kier alpha value is -1.44. The van der Waals surface area contributed by atoms with Crippen molar-refractivity contribution < 1.29 is 17.9 Å². The monoisotopic (exact) mass is 326 g/mol. The van der Waals surface area contributed by atoms with E-state index in [1.165, 1.54) is 23.5 Å². The highest BCUT2D eigenvalue weighted by Crippen LogP contribution is 2.28. The lowest BCUT2D eigenvalue weighted by Gasteiger charge is -2.37. The summed E-state index contributed by atoms with van der Waals surface area (Å²) in [7, 11) is -2.56. The standard InChI is InChI=1S/C15H22N2O4S/c1-11(16)13-8-5-6-10-17(13)22(19,20)14-9-4-3-7-12(14)15(18)21-2/h3-4,7,9,11,13H,5-6,8,10,16H2,1-2H3. The second kappa shape index (κ2) is 6.76. The average molecular weight is 326 g/mol. The fraction of sp³-hybridized carbons (Fsp3) is 0.533. The van der Waals surface area contributed by atoms with E-state index in [1.54, 1.807) is 12.1 Å². The minimum atomic E-state index is -3.79. The molecule has 7 heteroatoms. The van der Waals surface area contributed by atoms with Gasteiger partial charge < -0.3 is 10.5 Å². The summed E-state index contributed by atoms with van der Waals surface area (Å²) in [6.07, 6.45) is 2.48. The molecule has 1 fully saturated rings. The number of nitrogens with two attached hydrogens (primary N) is 1. The predicted octanol–water partition coefficient (Wildman–Crippen LogP) is 1.36. The molecule has 1 saturated heterocycles. The van der Waals surface area contributed by atoms with Crippen LogP contribution in [0.4, 0.5) is 0 Å². The van der Waals surface area contributed by atoms with E-state index in [9.17, 15) is 13.2 Å². The number of rotatable bonds is 4. The van der Waals surface area contributed by atoms with Crippen molar-refractivity contribution in [3.63, 3.8) is 0 Å². The number of methoxy groups -OCH3 is 1. The predicted molar refractivity (Wildman–Crippen MR) is 83.0 cm³/mol. The lowest BCUT2D eigenvalue weighted by Crippen LogP contribution is -2.51. The van der Waals surface area contributed by atoms with Gasteiger partial charge in [0, 0.05) is 18.6 Å². The molecule has 22 heavy (non-hydrogen) atoms. The smallest absolute Gasteiger partial charge is 0.339 e. The molecular weight excluding hydrogens is 304 g/mol. The normalized spacial score (nSPS) is 21.3. The largest absolute Gasteiger partial charge is 0.465 e. The van der Waals surface area contributed by atoms with Crippen molar-refractivity contribution in [3.05, 3.63) is 29.8 Å². The Morgan fingerprint density at radius 3 is 2.68 bits per heavy atom. The number of sulfonamides is 1. The maximum Gasteiger partial charge on any atom is 0.339 e. The summed E-state index contributed by atoms with van der Waals surface area (Å²) in [4.78, 5) is 11.8. The van der Waals surface area contributed by atoms with Crippen LogP contribution in [-0.2, 0) is 14.8 Å². The first-order valence-corrected chi connectivity index (χ1v) is 8.78. The topological polar surface area (TPSA) is 89.7 Å². The quantitative estimate of drug-likeness (QED) is 0.844. The fourth-order valence-corrected chi connectivity index (χ4v) is 4.81. The molecule has 2 unspecified atom stereocenters. The molecule has 0 aromatic heterocycles. The number of nitrogens with zero attached hydrogens (tertiary/aromatic N) is 1. The molecule has 0 bridgehead atoms. The van der Waals surface area contributed by atoms with Gasteiger partial charge in [0.25, 0.3) is 0 Å². The molecule has 0 spiro atoms. The molecule has 2 rings (SSSR count). The lowest BCUT2D eigenvalue weighted by atomic mass is 10.00. The first-order valence-electron chi connectivity index (χ1n) is 7.34. The Labute approximate surface area is 131 Å². The minimum Gasteiger partial charge on any atom is -0.465 e. The highest BCUT2D eigenvalue weighted by atomic mass is 32.2. The first-order chi connectivity index (χ1) is 10.4. The number of ether oxygens (including phenoxy) is 1. The van der Waals surface area contributed by atoms with Crippen molar-refractivity contribution >= 4 is 16.0 Å². The van der Waals surface area contributed by atoms with Crippen LogP contribution in [0.25, 0.3) is 0 Å². The molecule has 2 N–H and O–H groups in total. The van der Waals surface area contributed by atoms with E-state index < -0.39 is 16.0 Å². The van der Waals surface area contributed by atoms with Gasteiger partial charge in [-0.05, 0) is 31.9 Å². The fourth-order valence-electron chi connectivity index (χ4n) is 2.85. The van der Waals surface area contributed by atoms with E-state index >= 15 is 0 Å². The van der Waals surface area contributed by atoms with Crippen molar-refractivity contribution in [1.29, 1.82) is 0 Å². The molecule has 6 nitrogen and oxygen atoms in total. The molecule has 122 valence electrons. The molecule has 1 heterocycles. The summed E-state index contributed by atoms with van der Waals surface area (Å²) in [6, 6.07) is 5.61. The summed E-state index contributed by atoms with van der Waals surface area (Å²) in [5, 5.41) is 0. The third kappa shape index (κ3) is 3.16. The summed E-state index contributed by atoms with van der Waals surface area (Å²) in [5.41, 5.74) is 6.01. The zero-order valence-corrected chi connectivity index (χ0v) is 13.7. The SMILES string of the molecule is COC(=O)c1ccccc1S(=O)(=O)N1CCCCC1C(C)N. The molecule has 0 amide bonds. The Bertz CT molecular complexity index is 643.